The third-order valence-corrected chi connectivity index (χ3v) is 5.32. The van der Waals surface area contributed by atoms with Gasteiger partial charge in [-0.1, -0.05) is 24.3 Å². The molecule has 1 aliphatic rings. The third kappa shape index (κ3) is 4.22. The molecular weight excluding hydrogens is 394 g/mol. The zero-order valence-electron chi connectivity index (χ0n) is 18.1. The largest absolute Gasteiger partial charge is 0.497 e. The van der Waals surface area contributed by atoms with Crippen LogP contribution in [0.15, 0.2) is 54.6 Å². The monoisotopic (exact) mass is 421 g/mol. The lowest BCUT2D eigenvalue weighted by Crippen LogP contribution is -2.26. The number of hydrogen-bond acceptors (Lipinski definition) is 5. The fraction of sp³-hybridized carbons (Fsp3) is 0.320. The molecule has 1 amide bonds. The number of hydrogen-bond donors (Lipinski definition) is 0. The molecule has 0 radical (unpaired) electrons. The van der Waals surface area contributed by atoms with Gasteiger partial charge in [0.05, 0.1) is 19.3 Å². The molecule has 0 aromatic heterocycles. The first-order valence-corrected chi connectivity index (χ1v) is 10.5. The van der Waals surface area contributed by atoms with E-state index in [9.17, 15) is 4.79 Å². The van der Waals surface area contributed by atoms with E-state index in [2.05, 4.69) is 0 Å². The molecule has 0 bridgehead atoms. The second-order valence-corrected chi connectivity index (χ2v) is 7.20. The van der Waals surface area contributed by atoms with Crippen LogP contribution in [0.4, 0.5) is 5.69 Å². The van der Waals surface area contributed by atoms with Crippen molar-refractivity contribution in [3.05, 3.63) is 65.7 Å². The summed E-state index contributed by atoms with van der Waals surface area (Å²) in [4.78, 5) is 15.0. The summed E-state index contributed by atoms with van der Waals surface area (Å²) in [6.45, 7) is 5.72. The smallest absolute Gasteiger partial charge is 0.259 e. The summed E-state index contributed by atoms with van der Waals surface area (Å²) in [5.41, 5.74) is 2.62. The summed E-state index contributed by atoms with van der Waals surface area (Å²) in [6.07, 6.45) is -0.425. The van der Waals surface area contributed by atoms with Crippen molar-refractivity contribution in [1.82, 2.24) is 0 Å². The van der Waals surface area contributed by atoms with Crippen LogP contribution >= 0.6 is 0 Å². The van der Waals surface area contributed by atoms with Gasteiger partial charge < -0.3 is 23.8 Å². The van der Waals surface area contributed by atoms with Crippen LogP contribution < -0.4 is 14.4 Å². The van der Waals surface area contributed by atoms with Crippen molar-refractivity contribution >= 4 is 22.4 Å². The Morgan fingerprint density at radius 3 is 2.35 bits per heavy atom. The van der Waals surface area contributed by atoms with Crippen LogP contribution in [-0.4, -0.2) is 39.1 Å². The molecule has 3 aromatic rings. The summed E-state index contributed by atoms with van der Waals surface area (Å²) in [5.74, 6) is 1.50. The fourth-order valence-electron chi connectivity index (χ4n) is 3.89. The first-order valence-electron chi connectivity index (χ1n) is 10.5. The van der Waals surface area contributed by atoms with E-state index in [-0.39, 0.29) is 12.5 Å². The first-order chi connectivity index (χ1) is 15.2. The SMILES string of the molecule is CCOC(COc1ccc2c3c(cccc13)C(=O)N2Cc1ccc(OC)cc1)OCC. The third-order valence-electron chi connectivity index (χ3n) is 5.32. The Hall–Kier alpha value is -3.09. The molecule has 1 heterocycles. The molecule has 0 fully saturated rings. The number of methoxy groups -OCH3 is 1. The number of anilines is 1. The molecule has 6 nitrogen and oxygen atoms in total. The van der Waals surface area contributed by atoms with E-state index in [1.54, 1.807) is 7.11 Å². The van der Waals surface area contributed by atoms with Gasteiger partial charge in [-0.2, -0.15) is 0 Å². The summed E-state index contributed by atoms with van der Waals surface area (Å²) in [6, 6.07) is 17.4. The molecule has 0 N–H and O–H groups in total. The molecular formula is C25H27NO5. The number of amides is 1. The first kappa shape index (κ1) is 21.2. The van der Waals surface area contributed by atoms with Gasteiger partial charge in [0.2, 0.25) is 0 Å². The molecule has 0 aliphatic carbocycles. The lowest BCUT2D eigenvalue weighted by atomic mass is 10.0. The van der Waals surface area contributed by atoms with Gasteiger partial charge in [-0.25, -0.2) is 0 Å². The predicted octanol–water partition coefficient (Wildman–Crippen LogP) is 4.79. The highest BCUT2D eigenvalue weighted by molar-refractivity contribution is 6.25. The number of rotatable bonds is 10. The number of nitrogens with zero attached hydrogens (tertiary/aromatic N) is 1. The Morgan fingerprint density at radius 1 is 0.935 bits per heavy atom. The molecule has 0 saturated heterocycles. The van der Waals surface area contributed by atoms with Crippen LogP contribution in [0.5, 0.6) is 11.5 Å². The van der Waals surface area contributed by atoms with Gasteiger partial charge in [-0.3, -0.25) is 4.79 Å². The molecule has 1 aliphatic heterocycles. The number of carbonyl (C=O) groups is 1. The van der Waals surface area contributed by atoms with Crippen LogP contribution in [0.2, 0.25) is 0 Å². The zero-order chi connectivity index (χ0) is 21.8. The van der Waals surface area contributed by atoms with Crippen LogP contribution in [0, 0.1) is 0 Å². The highest BCUT2D eigenvalue weighted by atomic mass is 16.7. The quantitative estimate of drug-likeness (QED) is 0.441. The Morgan fingerprint density at radius 2 is 1.68 bits per heavy atom. The summed E-state index contributed by atoms with van der Waals surface area (Å²) < 4.78 is 22.4. The van der Waals surface area contributed by atoms with E-state index in [1.807, 2.05) is 73.3 Å². The molecule has 0 atom stereocenters. The van der Waals surface area contributed by atoms with Gasteiger partial charge in [0.15, 0.2) is 6.29 Å². The van der Waals surface area contributed by atoms with Crippen molar-refractivity contribution in [1.29, 1.82) is 0 Å². The van der Waals surface area contributed by atoms with Crippen molar-refractivity contribution < 1.29 is 23.7 Å². The highest BCUT2D eigenvalue weighted by Crippen LogP contribution is 2.42. The second-order valence-electron chi connectivity index (χ2n) is 7.20. The van der Waals surface area contributed by atoms with Gasteiger partial charge in [0.1, 0.15) is 18.1 Å². The van der Waals surface area contributed by atoms with Crippen molar-refractivity contribution in [2.75, 3.05) is 31.8 Å². The van der Waals surface area contributed by atoms with Gasteiger partial charge >= 0.3 is 0 Å². The molecule has 0 unspecified atom stereocenters. The maximum Gasteiger partial charge on any atom is 0.259 e. The molecule has 0 saturated carbocycles. The van der Waals surface area contributed by atoms with E-state index < -0.39 is 6.29 Å². The molecule has 6 heteroatoms. The topological polar surface area (TPSA) is 57.2 Å². The van der Waals surface area contributed by atoms with E-state index >= 15 is 0 Å². The van der Waals surface area contributed by atoms with Crippen molar-refractivity contribution in [3.63, 3.8) is 0 Å². The average molecular weight is 421 g/mol. The van der Waals surface area contributed by atoms with Crippen LogP contribution in [0.1, 0.15) is 29.8 Å². The van der Waals surface area contributed by atoms with E-state index in [0.717, 1.165) is 27.8 Å². The summed E-state index contributed by atoms with van der Waals surface area (Å²) in [5, 5.41) is 1.83. The lowest BCUT2D eigenvalue weighted by Gasteiger charge is -2.20. The van der Waals surface area contributed by atoms with E-state index in [1.165, 1.54) is 0 Å². The number of ether oxygens (including phenoxy) is 4. The van der Waals surface area contributed by atoms with Crippen molar-refractivity contribution in [2.45, 2.75) is 26.7 Å². The zero-order valence-corrected chi connectivity index (χ0v) is 18.1. The molecule has 0 spiro atoms. The highest BCUT2D eigenvalue weighted by Gasteiger charge is 2.30. The summed E-state index contributed by atoms with van der Waals surface area (Å²) >= 11 is 0. The van der Waals surface area contributed by atoms with Crippen LogP contribution in [0.25, 0.3) is 10.8 Å². The van der Waals surface area contributed by atoms with Crippen LogP contribution in [-0.2, 0) is 16.0 Å². The number of carbonyl (C=O) groups excluding carboxylic acids is 1. The normalized spacial score (nSPS) is 12.8. The number of benzene rings is 3. The predicted molar refractivity (Wildman–Crippen MR) is 120 cm³/mol. The standard InChI is InChI=1S/C25H27NO5/c1-4-29-23(30-5-2)16-31-22-14-13-21-24-19(22)7-6-8-20(24)25(27)26(21)15-17-9-11-18(28-3)12-10-17/h6-14,23H,4-5,15-16H2,1-3H3. The Bertz CT molecular complexity index is 1060. The van der Waals surface area contributed by atoms with Crippen molar-refractivity contribution in [3.8, 4) is 11.5 Å². The van der Waals surface area contributed by atoms with E-state index in [4.69, 9.17) is 18.9 Å². The second kappa shape index (κ2) is 9.37. The van der Waals surface area contributed by atoms with Gasteiger partial charge in [0.25, 0.3) is 5.91 Å². The van der Waals surface area contributed by atoms with Crippen LogP contribution in [0.3, 0.4) is 0 Å². The minimum atomic E-state index is -0.425. The van der Waals surface area contributed by atoms with Crippen molar-refractivity contribution in [2.24, 2.45) is 0 Å². The maximum absolute atomic E-state index is 13.2. The lowest BCUT2D eigenvalue weighted by molar-refractivity contribution is -0.152. The molecule has 4 rings (SSSR count). The molecule has 162 valence electrons. The van der Waals surface area contributed by atoms with Gasteiger partial charge in [-0.15, -0.1) is 0 Å². The van der Waals surface area contributed by atoms with E-state index in [0.29, 0.717) is 31.1 Å². The Balaban J connectivity index is 1.61. The van der Waals surface area contributed by atoms with Gasteiger partial charge in [0, 0.05) is 29.5 Å². The summed E-state index contributed by atoms with van der Waals surface area (Å²) in [7, 11) is 1.64. The Labute approximate surface area is 182 Å². The average Bonchev–Trinajstić information content (AvgIpc) is 3.07. The minimum absolute atomic E-state index is 0.00456. The molecule has 3 aromatic carbocycles. The van der Waals surface area contributed by atoms with Gasteiger partial charge in [-0.05, 0) is 49.7 Å². The minimum Gasteiger partial charge on any atom is -0.497 e. The maximum atomic E-state index is 13.2. The Kier molecular flexibility index (Phi) is 6.39. The molecule has 31 heavy (non-hydrogen) atoms. The fourth-order valence-corrected chi connectivity index (χ4v) is 3.89.